The van der Waals surface area contributed by atoms with E-state index in [1.54, 1.807) is 0 Å². The minimum atomic E-state index is -0.496. The van der Waals surface area contributed by atoms with Crippen molar-refractivity contribution in [1.29, 1.82) is 0 Å². The molecule has 1 aromatic rings. The molecule has 0 atom stereocenters. The summed E-state index contributed by atoms with van der Waals surface area (Å²) in [6, 6.07) is 3.97. The summed E-state index contributed by atoms with van der Waals surface area (Å²) in [5, 5.41) is 5.76. The Labute approximate surface area is 154 Å². The second kappa shape index (κ2) is 10.1. The molecule has 1 heterocycles. The molecule has 2 N–H and O–H groups in total. The molecule has 0 bridgehead atoms. The first-order chi connectivity index (χ1) is 12.5. The van der Waals surface area contributed by atoms with Crippen molar-refractivity contribution in [2.24, 2.45) is 5.92 Å². The maximum Gasteiger partial charge on any atom is 0.251 e. The van der Waals surface area contributed by atoms with Crippen molar-refractivity contribution in [3.8, 4) is 5.75 Å². The molecule has 0 radical (unpaired) electrons. The Hall–Kier alpha value is -2.15. The van der Waals surface area contributed by atoms with Gasteiger partial charge in [-0.1, -0.05) is 6.92 Å². The van der Waals surface area contributed by atoms with Crippen LogP contribution in [-0.4, -0.2) is 56.5 Å². The fraction of sp³-hybridized carbons (Fsp3) is 0.579. The Morgan fingerprint density at radius 3 is 2.62 bits per heavy atom. The summed E-state index contributed by atoms with van der Waals surface area (Å²) in [4.78, 5) is 26.1. The standard InChI is InChI=1S/C19H28FN3O3/c1-3-6-21-18(24)13-23-7-4-14(5-8-23)12-22-19(25)15-9-16(20)11-17(10-15)26-2/h9-11,14H,3-8,12-13H2,1-2H3,(H,21,24)(H,22,25). The van der Waals surface area contributed by atoms with Crippen molar-refractivity contribution >= 4 is 11.8 Å². The van der Waals surface area contributed by atoms with Gasteiger partial charge in [0.25, 0.3) is 5.91 Å². The number of nitrogens with zero attached hydrogens (tertiary/aromatic N) is 1. The van der Waals surface area contributed by atoms with Crippen LogP contribution in [-0.2, 0) is 4.79 Å². The van der Waals surface area contributed by atoms with Gasteiger partial charge in [-0.25, -0.2) is 4.39 Å². The Morgan fingerprint density at radius 2 is 1.96 bits per heavy atom. The van der Waals surface area contributed by atoms with Crippen LogP contribution in [0.3, 0.4) is 0 Å². The van der Waals surface area contributed by atoms with Crippen LogP contribution in [0.5, 0.6) is 5.75 Å². The minimum Gasteiger partial charge on any atom is -0.497 e. The van der Waals surface area contributed by atoms with E-state index in [0.717, 1.165) is 32.4 Å². The van der Waals surface area contributed by atoms with Gasteiger partial charge in [0.2, 0.25) is 5.91 Å². The molecular weight excluding hydrogens is 337 g/mol. The number of nitrogens with one attached hydrogen (secondary N) is 2. The molecule has 0 aliphatic carbocycles. The first-order valence-electron chi connectivity index (χ1n) is 9.13. The van der Waals surface area contributed by atoms with Gasteiger partial charge in [-0.05, 0) is 50.4 Å². The van der Waals surface area contributed by atoms with Gasteiger partial charge in [0.05, 0.1) is 13.7 Å². The van der Waals surface area contributed by atoms with E-state index in [-0.39, 0.29) is 17.4 Å². The summed E-state index contributed by atoms with van der Waals surface area (Å²) >= 11 is 0. The largest absolute Gasteiger partial charge is 0.497 e. The lowest BCUT2D eigenvalue weighted by Gasteiger charge is -2.31. The third-order valence-electron chi connectivity index (χ3n) is 4.57. The molecule has 1 aliphatic rings. The van der Waals surface area contributed by atoms with Crippen LogP contribution in [0.15, 0.2) is 18.2 Å². The van der Waals surface area contributed by atoms with Gasteiger partial charge in [0.15, 0.2) is 0 Å². The predicted octanol–water partition coefficient (Wildman–Crippen LogP) is 1.80. The van der Waals surface area contributed by atoms with Gasteiger partial charge in [-0.2, -0.15) is 0 Å². The summed E-state index contributed by atoms with van der Waals surface area (Å²) in [6.45, 7) is 5.41. The summed E-state index contributed by atoms with van der Waals surface area (Å²) < 4.78 is 18.5. The van der Waals surface area contributed by atoms with Gasteiger partial charge in [-0.15, -0.1) is 0 Å². The zero-order valence-corrected chi connectivity index (χ0v) is 15.5. The van der Waals surface area contributed by atoms with E-state index >= 15 is 0 Å². The average Bonchev–Trinajstić information content (AvgIpc) is 2.65. The normalized spacial score (nSPS) is 15.5. The van der Waals surface area contributed by atoms with Crippen LogP contribution in [0, 0.1) is 11.7 Å². The molecule has 0 aromatic heterocycles. The highest BCUT2D eigenvalue weighted by atomic mass is 19.1. The minimum absolute atomic E-state index is 0.0682. The Bertz CT molecular complexity index is 616. The number of halogens is 1. The van der Waals surface area contributed by atoms with Crippen molar-refractivity contribution in [3.63, 3.8) is 0 Å². The molecule has 1 saturated heterocycles. The highest BCUT2D eigenvalue weighted by molar-refractivity contribution is 5.94. The number of benzene rings is 1. The maximum atomic E-state index is 13.5. The van der Waals surface area contributed by atoms with E-state index < -0.39 is 5.82 Å². The number of rotatable bonds is 8. The lowest BCUT2D eigenvalue weighted by Crippen LogP contribution is -2.43. The van der Waals surface area contributed by atoms with E-state index in [1.165, 1.54) is 25.3 Å². The third kappa shape index (κ3) is 6.29. The van der Waals surface area contributed by atoms with Gasteiger partial charge in [-0.3, -0.25) is 14.5 Å². The molecule has 144 valence electrons. The molecule has 2 amide bonds. The average molecular weight is 365 g/mol. The highest BCUT2D eigenvalue weighted by Gasteiger charge is 2.21. The number of ether oxygens (including phenoxy) is 1. The fourth-order valence-electron chi connectivity index (χ4n) is 3.02. The lowest BCUT2D eigenvalue weighted by atomic mass is 9.96. The van der Waals surface area contributed by atoms with Crippen LogP contribution in [0.1, 0.15) is 36.5 Å². The smallest absolute Gasteiger partial charge is 0.251 e. The number of piperidine rings is 1. The fourth-order valence-corrected chi connectivity index (χ4v) is 3.02. The molecular formula is C19H28FN3O3. The van der Waals surface area contributed by atoms with Crippen LogP contribution in [0.2, 0.25) is 0 Å². The molecule has 0 spiro atoms. The van der Waals surface area contributed by atoms with Crippen LogP contribution in [0.25, 0.3) is 0 Å². The van der Waals surface area contributed by atoms with Crippen LogP contribution >= 0.6 is 0 Å². The number of carbonyl (C=O) groups excluding carboxylic acids is 2. The molecule has 1 aromatic carbocycles. The molecule has 1 fully saturated rings. The zero-order chi connectivity index (χ0) is 18.9. The summed E-state index contributed by atoms with van der Waals surface area (Å²) in [5.41, 5.74) is 0.256. The second-order valence-electron chi connectivity index (χ2n) is 6.66. The maximum absolute atomic E-state index is 13.5. The van der Waals surface area contributed by atoms with Crippen molar-refractivity contribution in [3.05, 3.63) is 29.6 Å². The molecule has 6 nitrogen and oxygen atoms in total. The van der Waals surface area contributed by atoms with Crippen molar-refractivity contribution in [2.75, 3.05) is 39.8 Å². The monoisotopic (exact) mass is 365 g/mol. The molecule has 1 aliphatic heterocycles. The lowest BCUT2D eigenvalue weighted by molar-refractivity contribution is -0.122. The number of methoxy groups -OCH3 is 1. The SMILES string of the molecule is CCCNC(=O)CN1CCC(CNC(=O)c2cc(F)cc(OC)c2)CC1. The van der Waals surface area contributed by atoms with Gasteiger partial charge in [0.1, 0.15) is 11.6 Å². The Kier molecular flexibility index (Phi) is 7.84. The number of amides is 2. The van der Waals surface area contributed by atoms with Gasteiger partial charge in [0, 0.05) is 24.7 Å². The highest BCUT2D eigenvalue weighted by Crippen LogP contribution is 2.18. The number of hydrogen-bond acceptors (Lipinski definition) is 4. The second-order valence-corrected chi connectivity index (χ2v) is 6.66. The van der Waals surface area contributed by atoms with Gasteiger partial charge >= 0.3 is 0 Å². The number of likely N-dealkylation sites (tertiary alicyclic amines) is 1. The predicted molar refractivity (Wildman–Crippen MR) is 97.7 cm³/mol. The summed E-state index contributed by atoms with van der Waals surface area (Å²) in [7, 11) is 1.44. The molecule has 0 unspecified atom stereocenters. The van der Waals surface area contributed by atoms with Gasteiger partial charge < -0.3 is 15.4 Å². The zero-order valence-electron chi connectivity index (χ0n) is 15.5. The topological polar surface area (TPSA) is 70.7 Å². The number of hydrogen-bond donors (Lipinski definition) is 2. The first kappa shape index (κ1) is 20.2. The van der Waals surface area contributed by atoms with Crippen molar-refractivity contribution < 1.29 is 18.7 Å². The number of carbonyl (C=O) groups is 2. The van der Waals surface area contributed by atoms with E-state index in [9.17, 15) is 14.0 Å². The van der Waals surface area contributed by atoms with E-state index in [0.29, 0.717) is 31.3 Å². The molecule has 26 heavy (non-hydrogen) atoms. The van der Waals surface area contributed by atoms with Crippen molar-refractivity contribution in [2.45, 2.75) is 26.2 Å². The van der Waals surface area contributed by atoms with Crippen LogP contribution in [0.4, 0.5) is 4.39 Å². The van der Waals surface area contributed by atoms with E-state index in [2.05, 4.69) is 15.5 Å². The Balaban J connectivity index is 1.73. The van der Waals surface area contributed by atoms with E-state index in [4.69, 9.17) is 4.74 Å². The quantitative estimate of drug-likeness (QED) is 0.737. The van der Waals surface area contributed by atoms with Crippen molar-refractivity contribution in [1.82, 2.24) is 15.5 Å². The third-order valence-corrected chi connectivity index (χ3v) is 4.57. The van der Waals surface area contributed by atoms with Crippen LogP contribution < -0.4 is 15.4 Å². The molecule has 7 heteroatoms. The molecule has 0 saturated carbocycles. The summed E-state index contributed by atoms with van der Waals surface area (Å²) in [6.07, 6.45) is 2.78. The first-order valence-corrected chi connectivity index (χ1v) is 9.13. The Morgan fingerprint density at radius 1 is 1.23 bits per heavy atom. The van der Waals surface area contributed by atoms with E-state index in [1.807, 2.05) is 6.92 Å². The molecule has 2 rings (SSSR count). The summed E-state index contributed by atoms with van der Waals surface area (Å²) in [5.74, 6) is -0.0406.